The van der Waals surface area contributed by atoms with Gasteiger partial charge in [-0.25, -0.2) is 0 Å². The molecule has 0 unspecified atom stereocenters. The van der Waals surface area contributed by atoms with Crippen molar-refractivity contribution in [2.45, 2.75) is 60.0 Å². The van der Waals surface area contributed by atoms with Gasteiger partial charge in [0.25, 0.3) is 5.91 Å². The van der Waals surface area contributed by atoms with Gasteiger partial charge in [0.1, 0.15) is 5.75 Å². The second kappa shape index (κ2) is 8.70. The molecular formula is C22H29NO2. The number of nitrogens with one attached hydrogen (secondary N) is 1. The molecule has 1 atom stereocenters. The van der Waals surface area contributed by atoms with E-state index in [0.717, 1.165) is 46.5 Å². The summed E-state index contributed by atoms with van der Waals surface area (Å²) in [6, 6.07) is 12.2. The fraction of sp³-hybridized carbons (Fsp3) is 0.409. The number of rotatable bonds is 7. The third-order valence-electron chi connectivity index (χ3n) is 4.38. The standard InChI is InChI=1S/C22H29NO2/c1-6-17-10-9-11-18(7-2)21(17)23-22(24)20(8-3)25-19-13-15(4)12-16(5)14-19/h9-14,20H,6-8H2,1-5H3,(H,23,24)/t20-/m1/s1. The molecule has 0 radical (unpaired) electrons. The Morgan fingerprint density at radius 1 is 1.00 bits per heavy atom. The summed E-state index contributed by atoms with van der Waals surface area (Å²) in [5, 5.41) is 3.12. The van der Waals surface area contributed by atoms with E-state index in [4.69, 9.17) is 4.74 Å². The zero-order valence-corrected chi connectivity index (χ0v) is 16.0. The largest absolute Gasteiger partial charge is 0.481 e. The summed E-state index contributed by atoms with van der Waals surface area (Å²) >= 11 is 0. The van der Waals surface area contributed by atoms with Gasteiger partial charge in [-0.2, -0.15) is 0 Å². The van der Waals surface area contributed by atoms with E-state index >= 15 is 0 Å². The molecular weight excluding hydrogens is 310 g/mol. The van der Waals surface area contributed by atoms with Crippen LogP contribution < -0.4 is 10.1 Å². The smallest absolute Gasteiger partial charge is 0.265 e. The summed E-state index contributed by atoms with van der Waals surface area (Å²) in [7, 11) is 0. The third kappa shape index (κ3) is 4.85. The number of amides is 1. The summed E-state index contributed by atoms with van der Waals surface area (Å²) in [4.78, 5) is 12.8. The minimum absolute atomic E-state index is 0.0859. The molecule has 0 saturated heterocycles. The van der Waals surface area contributed by atoms with Gasteiger partial charge in [-0.3, -0.25) is 4.79 Å². The first-order valence-electron chi connectivity index (χ1n) is 9.15. The van der Waals surface area contributed by atoms with E-state index in [9.17, 15) is 4.79 Å². The lowest BCUT2D eigenvalue weighted by molar-refractivity contribution is -0.122. The summed E-state index contributed by atoms with van der Waals surface area (Å²) in [6.07, 6.45) is 1.89. The van der Waals surface area contributed by atoms with Crippen LogP contribution in [0.25, 0.3) is 0 Å². The van der Waals surface area contributed by atoms with Crippen molar-refractivity contribution in [3.05, 3.63) is 58.7 Å². The number of carbonyl (C=O) groups excluding carboxylic acids is 1. The van der Waals surface area contributed by atoms with Crippen molar-refractivity contribution < 1.29 is 9.53 Å². The third-order valence-corrected chi connectivity index (χ3v) is 4.38. The molecule has 0 fully saturated rings. The molecule has 0 aliphatic rings. The van der Waals surface area contributed by atoms with E-state index in [1.807, 2.05) is 32.9 Å². The van der Waals surface area contributed by atoms with Gasteiger partial charge in [-0.1, -0.05) is 45.0 Å². The van der Waals surface area contributed by atoms with Crippen LogP contribution in [0.15, 0.2) is 36.4 Å². The molecule has 1 N–H and O–H groups in total. The van der Waals surface area contributed by atoms with Gasteiger partial charge in [-0.15, -0.1) is 0 Å². The van der Waals surface area contributed by atoms with E-state index in [2.05, 4.69) is 43.4 Å². The Balaban J connectivity index is 2.20. The van der Waals surface area contributed by atoms with E-state index in [1.54, 1.807) is 0 Å². The van der Waals surface area contributed by atoms with E-state index in [-0.39, 0.29) is 5.91 Å². The maximum atomic E-state index is 12.8. The van der Waals surface area contributed by atoms with Crippen LogP contribution >= 0.6 is 0 Å². The van der Waals surface area contributed by atoms with Gasteiger partial charge in [-0.05, 0) is 67.5 Å². The second-order valence-corrected chi connectivity index (χ2v) is 6.49. The van der Waals surface area contributed by atoms with Crippen LogP contribution in [0.2, 0.25) is 0 Å². The SMILES string of the molecule is CCc1cccc(CC)c1NC(=O)[C@@H](CC)Oc1cc(C)cc(C)c1. The van der Waals surface area contributed by atoms with Crippen molar-refractivity contribution in [1.82, 2.24) is 0 Å². The van der Waals surface area contributed by atoms with Gasteiger partial charge in [0, 0.05) is 5.69 Å². The molecule has 0 saturated carbocycles. The highest BCUT2D eigenvalue weighted by atomic mass is 16.5. The fourth-order valence-electron chi connectivity index (χ4n) is 3.09. The van der Waals surface area contributed by atoms with E-state index < -0.39 is 6.10 Å². The van der Waals surface area contributed by atoms with Crippen LogP contribution in [0.4, 0.5) is 5.69 Å². The molecule has 3 heteroatoms. The molecule has 0 aliphatic carbocycles. The zero-order chi connectivity index (χ0) is 18.4. The number of aryl methyl sites for hydroxylation is 4. The molecule has 1 amide bonds. The Morgan fingerprint density at radius 3 is 2.04 bits per heavy atom. The number of benzene rings is 2. The number of ether oxygens (including phenoxy) is 1. The van der Waals surface area contributed by atoms with Crippen molar-refractivity contribution in [2.75, 3.05) is 5.32 Å². The van der Waals surface area contributed by atoms with Crippen molar-refractivity contribution >= 4 is 11.6 Å². The maximum absolute atomic E-state index is 12.8. The molecule has 0 aliphatic heterocycles. The summed E-state index contributed by atoms with van der Waals surface area (Å²) in [6.45, 7) is 10.2. The van der Waals surface area contributed by atoms with Gasteiger partial charge in [0.15, 0.2) is 6.10 Å². The monoisotopic (exact) mass is 339 g/mol. The van der Waals surface area contributed by atoms with Gasteiger partial charge < -0.3 is 10.1 Å². The van der Waals surface area contributed by atoms with Crippen LogP contribution in [-0.2, 0) is 17.6 Å². The number of para-hydroxylation sites is 1. The van der Waals surface area contributed by atoms with Crippen molar-refractivity contribution in [3.8, 4) is 5.75 Å². The Morgan fingerprint density at radius 2 is 1.56 bits per heavy atom. The van der Waals surface area contributed by atoms with E-state index in [0.29, 0.717) is 6.42 Å². The average molecular weight is 339 g/mol. The first-order chi connectivity index (χ1) is 12.0. The second-order valence-electron chi connectivity index (χ2n) is 6.49. The Hall–Kier alpha value is -2.29. The lowest BCUT2D eigenvalue weighted by Crippen LogP contribution is -2.33. The molecule has 0 heterocycles. The molecule has 2 aromatic rings. The van der Waals surface area contributed by atoms with Crippen LogP contribution in [-0.4, -0.2) is 12.0 Å². The van der Waals surface area contributed by atoms with Crippen molar-refractivity contribution in [2.24, 2.45) is 0 Å². The van der Waals surface area contributed by atoms with Crippen LogP contribution in [0, 0.1) is 13.8 Å². The minimum Gasteiger partial charge on any atom is -0.481 e. The van der Waals surface area contributed by atoms with Crippen LogP contribution in [0.1, 0.15) is 49.4 Å². The molecule has 2 aromatic carbocycles. The molecule has 0 bridgehead atoms. The molecule has 2 rings (SSSR count). The summed E-state index contributed by atoms with van der Waals surface area (Å²) in [5.74, 6) is 0.663. The molecule has 134 valence electrons. The van der Waals surface area contributed by atoms with Gasteiger partial charge >= 0.3 is 0 Å². The Kier molecular flexibility index (Phi) is 6.63. The van der Waals surface area contributed by atoms with E-state index in [1.165, 1.54) is 0 Å². The van der Waals surface area contributed by atoms with Crippen molar-refractivity contribution in [1.29, 1.82) is 0 Å². The number of hydrogen-bond acceptors (Lipinski definition) is 2. The fourth-order valence-corrected chi connectivity index (χ4v) is 3.09. The highest BCUT2D eigenvalue weighted by Gasteiger charge is 2.20. The minimum atomic E-state index is -0.504. The average Bonchev–Trinajstić information content (AvgIpc) is 2.58. The van der Waals surface area contributed by atoms with Gasteiger partial charge in [0.2, 0.25) is 0 Å². The first-order valence-corrected chi connectivity index (χ1v) is 9.15. The molecule has 0 aromatic heterocycles. The van der Waals surface area contributed by atoms with Crippen LogP contribution in [0.3, 0.4) is 0 Å². The Bertz CT molecular complexity index is 694. The summed E-state index contributed by atoms with van der Waals surface area (Å²) in [5.41, 5.74) is 5.53. The normalized spacial score (nSPS) is 11.9. The quantitative estimate of drug-likeness (QED) is 0.750. The van der Waals surface area contributed by atoms with Crippen molar-refractivity contribution in [3.63, 3.8) is 0 Å². The zero-order valence-electron chi connectivity index (χ0n) is 16.0. The van der Waals surface area contributed by atoms with Crippen LogP contribution in [0.5, 0.6) is 5.75 Å². The predicted molar refractivity (Wildman–Crippen MR) is 104 cm³/mol. The van der Waals surface area contributed by atoms with Gasteiger partial charge in [0.05, 0.1) is 0 Å². The molecule has 0 spiro atoms. The Labute approximate surface area is 151 Å². The highest BCUT2D eigenvalue weighted by molar-refractivity contribution is 5.95. The molecule has 25 heavy (non-hydrogen) atoms. The highest BCUT2D eigenvalue weighted by Crippen LogP contribution is 2.24. The maximum Gasteiger partial charge on any atom is 0.265 e. The topological polar surface area (TPSA) is 38.3 Å². The number of carbonyl (C=O) groups is 1. The first kappa shape index (κ1) is 19.0. The lowest BCUT2D eigenvalue weighted by atomic mass is 10.0. The number of anilines is 1. The summed E-state index contributed by atoms with van der Waals surface area (Å²) < 4.78 is 5.99. The lowest BCUT2D eigenvalue weighted by Gasteiger charge is -2.20. The predicted octanol–water partition coefficient (Wildman–Crippen LogP) is 5.22. The number of hydrogen-bond donors (Lipinski definition) is 1. The molecule has 3 nitrogen and oxygen atoms in total.